The van der Waals surface area contributed by atoms with Gasteiger partial charge in [0, 0.05) is 78.7 Å². The lowest BCUT2D eigenvalue weighted by Gasteiger charge is -2.46. The summed E-state index contributed by atoms with van der Waals surface area (Å²) in [6.45, 7) is 3.82. The number of nitrogens with zero attached hydrogens (tertiary/aromatic N) is 6. The number of aliphatic hydroxyl groups excluding tert-OH is 1. The number of β-lactam (4-membered cyclic amide) rings is 1. The molecule has 0 aliphatic carbocycles. The average Bonchev–Trinajstić information content (AvgIpc) is 4.06. The van der Waals surface area contributed by atoms with Gasteiger partial charge in [0.15, 0.2) is 0 Å². The molecule has 4 N–H and O–H groups in total. The first-order chi connectivity index (χ1) is 33.0. The number of carbonyl (C=O) groups is 5. The lowest BCUT2D eigenvalue weighted by Crippen LogP contribution is -2.63. The van der Waals surface area contributed by atoms with Gasteiger partial charge in [-0.3, -0.25) is 55.6 Å². The van der Waals surface area contributed by atoms with Gasteiger partial charge in [-0.25, -0.2) is 14.4 Å². The SMILES string of the molecule is C[C@@H](O)[C@H]1C(=O)N2C(C(=O)OCc3ccc([N+](=O)[O-])cc3)=C(S[C@@H]3CN[C@H](C(=O)N4CC[C@H](CN=C(NC(=O)OCc5ccc([N+](=O)[O-])cc5)NC(=O)OCc5ccc([N+](=O)[O-])cc5)C4)C3)[C@H](C)[C@H]12. The second-order valence-corrected chi connectivity index (χ2v) is 18.1. The first-order valence-corrected chi connectivity index (χ1v) is 22.6. The number of guanidine groups is 1. The first-order valence-electron chi connectivity index (χ1n) is 21.7. The Kier molecular flexibility index (Phi) is 15.5. The zero-order valence-corrected chi connectivity index (χ0v) is 37.9. The first kappa shape index (κ1) is 49.4. The van der Waals surface area contributed by atoms with Crippen molar-refractivity contribution in [2.45, 2.75) is 69.9 Å². The third-order valence-electron chi connectivity index (χ3n) is 12.1. The van der Waals surface area contributed by atoms with Crippen LogP contribution in [0, 0.1) is 48.1 Å². The molecule has 364 valence electrons. The highest BCUT2D eigenvalue weighted by Crippen LogP contribution is 2.52. The summed E-state index contributed by atoms with van der Waals surface area (Å²) < 4.78 is 16.1. The molecule has 69 heavy (non-hydrogen) atoms. The highest BCUT2D eigenvalue weighted by molar-refractivity contribution is 8.03. The summed E-state index contributed by atoms with van der Waals surface area (Å²) in [7, 11) is 0. The summed E-state index contributed by atoms with van der Waals surface area (Å²) in [6, 6.07) is 15.2. The second-order valence-electron chi connectivity index (χ2n) is 16.8. The summed E-state index contributed by atoms with van der Waals surface area (Å²) in [6.07, 6.45) is -2.06. The van der Waals surface area contributed by atoms with E-state index in [1.54, 1.807) is 4.90 Å². The molecular weight excluding hydrogens is 927 g/mol. The Hall–Kier alpha value is -7.51. The molecule has 0 unspecified atom stereocenters. The van der Waals surface area contributed by atoms with E-state index >= 15 is 0 Å². The summed E-state index contributed by atoms with van der Waals surface area (Å²) in [5.74, 6) is -2.87. The van der Waals surface area contributed by atoms with Gasteiger partial charge in [-0.15, -0.1) is 11.8 Å². The predicted molar refractivity (Wildman–Crippen MR) is 242 cm³/mol. The number of aliphatic imine (C=N–C) groups is 1. The summed E-state index contributed by atoms with van der Waals surface area (Å²) in [4.78, 5) is 106. The average molecular weight is 974 g/mol. The number of nitro groups is 3. The van der Waals surface area contributed by atoms with Crippen molar-refractivity contribution in [2.75, 3.05) is 26.2 Å². The smallest absolute Gasteiger partial charge is 0.414 e. The fourth-order valence-corrected chi connectivity index (χ4v) is 9.96. The third-order valence-corrected chi connectivity index (χ3v) is 13.6. The van der Waals surface area contributed by atoms with Gasteiger partial charge in [-0.2, -0.15) is 0 Å². The highest BCUT2D eigenvalue weighted by atomic mass is 32.2. The lowest BCUT2D eigenvalue weighted by atomic mass is 9.79. The number of amides is 4. The molecular formula is C44H47N9O15S. The quantitative estimate of drug-likeness (QED) is 0.0299. The van der Waals surface area contributed by atoms with Gasteiger partial charge in [0.2, 0.25) is 17.8 Å². The molecule has 3 saturated heterocycles. The Morgan fingerprint density at radius 2 is 1.32 bits per heavy atom. The monoisotopic (exact) mass is 973 g/mol. The molecule has 25 heteroatoms. The summed E-state index contributed by atoms with van der Waals surface area (Å²) >= 11 is 1.38. The molecule has 7 atom stereocenters. The van der Waals surface area contributed by atoms with Crippen LogP contribution in [-0.2, 0) is 48.4 Å². The van der Waals surface area contributed by atoms with Crippen molar-refractivity contribution in [3.05, 3.63) is 130 Å². The van der Waals surface area contributed by atoms with Crippen molar-refractivity contribution in [3.63, 3.8) is 0 Å². The number of likely N-dealkylation sites (tertiary alicyclic amines) is 1. The zero-order chi connectivity index (χ0) is 49.5. The van der Waals surface area contributed by atoms with Crippen LogP contribution in [0.4, 0.5) is 26.7 Å². The van der Waals surface area contributed by atoms with Crippen LogP contribution >= 0.6 is 11.8 Å². The van der Waals surface area contributed by atoms with Crippen LogP contribution in [0.25, 0.3) is 0 Å². The number of carbonyl (C=O) groups excluding carboxylic acids is 5. The number of aliphatic hydroxyl groups is 1. The molecule has 24 nitrogen and oxygen atoms in total. The number of nitro benzene ring substituents is 3. The van der Waals surface area contributed by atoms with Crippen LogP contribution in [0.1, 0.15) is 43.4 Å². The number of alkyl carbamates (subject to hydrolysis) is 2. The van der Waals surface area contributed by atoms with Crippen molar-refractivity contribution in [2.24, 2.45) is 22.7 Å². The maximum atomic E-state index is 13.9. The summed E-state index contributed by atoms with van der Waals surface area (Å²) in [5.41, 5.74) is 1.06. The molecule has 4 aliphatic rings. The van der Waals surface area contributed by atoms with Crippen LogP contribution in [0.3, 0.4) is 0 Å². The number of ether oxygens (including phenoxy) is 3. The van der Waals surface area contributed by atoms with E-state index in [1.807, 2.05) is 6.92 Å². The predicted octanol–water partition coefficient (Wildman–Crippen LogP) is 4.04. The fraction of sp³-hybridized carbons (Fsp3) is 0.409. The Bertz CT molecular complexity index is 2480. The van der Waals surface area contributed by atoms with Crippen molar-refractivity contribution in [3.8, 4) is 0 Å². The van der Waals surface area contributed by atoms with E-state index in [9.17, 15) is 59.4 Å². The normalized spacial score (nSPS) is 21.9. The number of hydrogen-bond donors (Lipinski definition) is 4. The van der Waals surface area contributed by atoms with Crippen molar-refractivity contribution in [1.29, 1.82) is 0 Å². The minimum atomic E-state index is -1.01. The number of nitrogens with one attached hydrogen (secondary N) is 3. The van der Waals surface area contributed by atoms with E-state index in [-0.39, 0.29) is 78.1 Å². The number of hydrogen-bond acceptors (Lipinski definition) is 18. The van der Waals surface area contributed by atoms with Crippen molar-refractivity contribution in [1.82, 2.24) is 25.8 Å². The van der Waals surface area contributed by atoms with Crippen LogP contribution in [-0.4, -0.2) is 115 Å². The number of rotatable bonds is 16. The number of esters is 1. The fourth-order valence-electron chi connectivity index (χ4n) is 8.49. The molecule has 3 aromatic carbocycles. The van der Waals surface area contributed by atoms with E-state index in [1.165, 1.54) is 96.4 Å². The molecule has 0 spiro atoms. The second kappa shape index (κ2) is 21.6. The molecule has 3 fully saturated rings. The van der Waals surface area contributed by atoms with Gasteiger partial charge in [0.25, 0.3) is 17.1 Å². The molecule has 4 amide bonds. The highest BCUT2D eigenvalue weighted by Gasteiger charge is 2.60. The molecule has 3 aromatic rings. The number of benzene rings is 3. The van der Waals surface area contributed by atoms with Gasteiger partial charge in [0.05, 0.1) is 38.9 Å². The molecule has 4 heterocycles. The molecule has 0 radical (unpaired) electrons. The van der Waals surface area contributed by atoms with Gasteiger partial charge in [0.1, 0.15) is 25.5 Å². The molecule has 7 rings (SSSR count). The van der Waals surface area contributed by atoms with Gasteiger partial charge in [-0.05, 0) is 78.8 Å². The number of fused-ring (bicyclic) bond motifs is 1. The van der Waals surface area contributed by atoms with E-state index in [2.05, 4.69) is 20.9 Å². The molecule has 4 aliphatic heterocycles. The Labute approximate surface area is 396 Å². The molecule has 0 saturated carbocycles. The van der Waals surface area contributed by atoms with Crippen LogP contribution < -0.4 is 16.0 Å². The van der Waals surface area contributed by atoms with Crippen LogP contribution in [0.15, 0.2) is 88.4 Å². The van der Waals surface area contributed by atoms with Gasteiger partial charge < -0.3 is 34.4 Å². The van der Waals surface area contributed by atoms with E-state index in [0.29, 0.717) is 54.1 Å². The third kappa shape index (κ3) is 11.8. The van der Waals surface area contributed by atoms with Gasteiger partial charge >= 0.3 is 18.2 Å². The number of non-ortho nitro benzene ring substituents is 3. The Morgan fingerprint density at radius 3 is 1.80 bits per heavy atom. The number of thioether (sulfide) groups is 1. The molecule has 0 aromatic heterocycles. The standard InChI is InChI=1S/C44H47N9O15S/c1-24-36-35(25(2)54)40(56)50(36)37(41(57)66-21-26-3-9-30(10-4-26)51(60)61)38(24)69-33-17-34(45-19-33)39(55)49-16-15-29(20-49)18-46-42(47-43(58)67-22-27-5-11-31(12-6-27)52(62)63)48-44(59)68-23-28-7-13-32(14-8-28)53(64)65/h3-14,24-25,29,33-36,45,54H,15-23H2,1-2H3,(H2,46,47,48,58,59)/t24-,25-,29-,33+,34+,35-,36-/m1/s1. The maximum Gasteiger partial charge on any atom is 0.414 e. The Morgan fingerprint density at radius 1 is 0.826 bits per heavy atom. The van der Waals surface area contributed by atoms with E-state index < -0.39 is 62.9 Å². The van der Waals surface area contributed by atoms with Gasteiger partial charge in [-0.1, -0.05) is 6.92 Å². The van der Waals surface area contributed by atoms with E-state index in [4.69, 9.17) is 14.2 Å². The topological polar surface area (TPSA) is 318 Å². The molecule has 0 bridgehead atoms. The lowest BCUT2D eigenvalue weighted by molar-refractivity contribution is -0.385. The maximum absolute atomic E-state index is 13.9. The largest absolute Gasteiger partial charge is 0.456 e. The van der Waals surface area contributed by atoms with E-state index in [0.717, 1.165) is 0 Å². The van der Waals surface area contributed by atoms with Crippen LogP contribution in [0.5, 0.6) is 0 Å². The minimum absolute atomic E-state index is 0.0555. The zero-order valence-electron chi connectivity index (χ0n) is 37.1. The van der Waals surface area contributed by atoms with Crippen LogP contribution in [0.2, 0.25) is 0 Å². The minimum Gasteiger partial charge on any atom is -0.456 e. The Balaban J connectivity index is 0.957. The van der Waals surface area contributed by atoms with Crippen molar-refractivity contribution < 1.29 is 58.1 Å². The van der Waals surface area contributed by atoms with Crippen molar-refractivity contribution >= 4 is 64.8 Å². The summed E-state index contributed by atoms with van der Waals surface area (Å²) in [5, 5.41) is 51.4.